The third kappa shape index (κ3) is 4.10. The van der Waals surface area contributed by atoms with Gasteiger partial charge in [0.15, 0.2) is 0 Å². The third-order valence-electron chi connectivity index (χ3n) is 3.24. The topological polar surface area (TPSA) is 132 Å². The van der Waals surface area contributed by atoms with Crippen molar-refractivity contribution in [1.29, 1.82) is 0 Å². The predicted octanol–water partition coefficient (Wildman–Crippen LogP) is 2.52. The first-order chi connectivity index (χ1) is 11.5. The van der Waals surface area contributed by atoms with E-state index in [1.807, 2.05) is 12.1 Å². The Balaban J connectivity index is 0.000000173. The van der Waals surface area contributed by atoms with Gasteiger partial charge in [-0.2, -0.15) is 0 Å². The minimum Gasteiger partial charge on any atom is -0.477 e. The number of nitrogens with zero attached hydrogens (tertiary/aromatic N) is 2. The van der Waals surface area contributed by atoms with Crippen LogP contribution in [-0.2, 0) is 21.1 Å². The second-order valence-electron chi connectivity index (χ2n) is 4.86. The number of aromatic nitrogens is 4. The van der Waals surface area contributed by atoms with Crippen molar-refractivity contribution in [3.63, 3.8) is 0 Å². The fourth-order valence-corrected chi connectivity index (χ4v) is 2.15. The van der Waals surface area contributed by atoms with Crippen LogP contribution in [0.1, 0.15) is 21.0 Å². The number of hydrogen-bond acceptors (Lipinski definition) is 4. The molecule has 0 aromatic carbocycles. The van der Waals surface area contributed by atoms with Crippen molar-refractivity contribution in [3.8, 4) is 0 Å². The van der Waals surface area contributed by atoms with E-state index in [4.69, 9.17) is 10.2 Å². The number of rotatable bonds is 2. The van der Waals surface area contributed by atoms with Gasteiger partial charge in [-0.3, -0.25) is 0 Å². The second kappa shape index (κ2) is 7.72. The van der Waals surface area contributed by atoms with E-state index in [-0.39, 0.29) is 32.5 Å². The molecule has 4 N–H and O–H groups in total. The summed E-state index contributed by atoms with van der Waals surface area (Å²) in [6.45, 7) is 0. The van der Waals surface area contributed by atoms with Crippen LogP contribution in [0, 0.1) is 0 Å². The van der Waals surface area contributed by atoms with Gasteiger partial charge in [0.05, 0.1) is 0 Å². The second-order valence-corrected chi connectivity index (χ2v) is 4.86. The minimum atomic E-state index is -0.965. The van der Waals surface area contributed by atoms with Crippen LogP contribution in [0.15, 0.2) is 48.8 Å². The number of pyridine rings is 2. The maximum atomic E-state index is 10.5. The van der Waals surface area contributed by atoms with Gasteiger partial charge in [-0.15, -0.1) is 0 Å². The maximum Gasteiger partial charge on any atom is 0.352 e. The molecule has 130 valence electrons. The van der Waals surface area contributed by atoms with Crippen LogP contribution in [-0.4, -0.2) is 42.1 Å². The zero-order chi connectivity index (χ0) is 17.1. The fraction of sp³-hybridized carbons (Fsp3) is 0. The molecule has 4 heterocycles. The van der Waals surface area contributed by atoms with Crippen molar-refractivity contribution in [2.75, 3.05) is 0 Å². The Hall–Kier alpha value is -2.99. The number of aromatic amines is 2. The Morgan fingerprint density at radius 1 is 0.800 bits per heavy atom. The molecule has 9 heteroatoms. The molecule has 0 atom stereocenters. The molecule has 8 nitrogen and oxygen atoms in total. The van der Waals surface area contributed by atoms with Crippen molar-refractivity contribution in [1.82, 2.24) is 19.9 Å². The molecule has 0 spiro atoms. The number of carboxylic acids is 2. The van der Waals surface area contributed by atoms with Crippen molar-refractivity contribution in [3.05, 3.63) is 60.2 Å². The average Bonchev–Trinajstić information content (AvgIpc) is 3.19. The van der Waals surface area contributed by atoms with Gasteiger partial charge in [-0.1, -0.05) is 0 Å². The van der Waals surface area contributed by atoms with Crippen LogP contribution >= 0.6 is 0 Å². The molecule has 0 aliphatic rings. The van der Waals surface area contributed by atoms with Crippen molar-refractivity contribution in [2.24, 2.45) is 0 Å². The molecule has 4 aromatic rings. The number of hydrogen-bond donors (Lipinski definition) is 4. The summed E-state index contributed by atoms with van der Waals surface area (Å²) in [5.41, 5.74) is 1.55. The van der Waals surface area contributed by atoms with Gasteiger partial charge in [0.25, 0.3) is 0 Å². The smallest absolute Gasteiger partial charge is 0.352 e. The van der Waals surface area contributed by atoms with E-state index >= 15 is 0 Å². The average molecular weight is 519 g/mol. The summed E-state index contributed by atoms with van der Waals surface area (Å²) in [4.78, 5) is 34.3. The van der Waals surface area contributed by atoms with Gasteiger partial charge in [0, 0.05) is 44.2 Å². The van der Waals surface area contributed by atoms with Gasteiger partial charge in [-0.25, -0.2) is 19.6 Å². The number of carboxylic acid groups (broad SMARTS) is 2. The number of H-pyrrole nitrogens is 2. The summed E-state index contributed by atoms with van der Waals surface area (Å²) in [6, 6.07) is 10.3. The number of nitrogens with one attached hydrogen (secondary N) is 2. The molecule has 0 amide bonds. The van der Waals surface area contributed by atoms with E-state index in [2.05, 4.69) is 19.9 Å². The molecule has 0 saturated carbocycles. The molecule has 25 heavy (non-hydrogen) atoms. The Kier molecular flexibility index (Phi) is 5.67. The first-order valence-corrected chi connectivity index (χ1v) is 6.88. The fourth-order valence-electron chi connectivity index (χ4n) is 2.15. The molecule has 0 unspecified atom stereocenters. The van der Waals surface area contributed by atoms with Gasteiger partial charge < -0.3 is 20.2 Å². The molecular weight excluding hydrogens is 507 g/mol. The van der Waals surface area contributed by atoms with Crippen LogP contribution in [0.3, 0.4) is 0 Å². The zero-order valence-electron chi connectivity index (χ0n) is 12.5. The van der Waals surface area contributed by atoms with Crippen LogP contribution in [0.2, 0.25) is 0 Å². The summed E-state index contributed by atoms with van der Waals surface area (Å²) in [5.74, 6) is -1.93. The quantitative estimate of drug-likeness (QED) is 0.322. The molecule has 0 fully saturated rings. The standard InChI is InChI=1S/2C8H6N2O2.Pt/c2*11-8(12)6-4-5-2-1-3-9-7(5)10-6;/h2*1-4H,(H,9,10)(H,11,12);. The molecule has 0 saturated heterocycles. The first kappa shape index (κ1) is 18.3. The zero-order valence-corrected chi connectivity index (χ0v) is 14.8. The summed E-state index contributed by atoms with van der Waals surface area (Å²) >= 11 is 0. The molecule has 4 rings (SSSR count). The van der Waals surface area contributed by atoms with E-state index in [1.165, 1.54) is 0 Å². The van der Waals surface area contributed by atoms with Crippen molar-refractivity contribution >= 4 is 34.0 Å². The van der Waals surface area contributed by atoms with Crippen LogP contribution in [0.4, 0.5) is 0 Å². The molecule has 0 bridgehead atoms. The normalized spacial score (nSPS) is 9.92. The van der Waals surface area contributed by atoms with Crippen LogP contribution in [0.5, 0.6) is 0 Å². The molecule has 0 aliphatic carbocycles. The van der Waals surface area contributed by atoms with Crippen molar-refractivity contribution in [2.45, 2.75) is 0 Å². The monoisotopic (exact) mass is 519 g/mol. The SMILES string of the molecule is O=C(O)c1cc2cccnc2[nH]1.O=C(O)c1cc2cccnc2[nH]1.[Pt]. The first-order valence-electron chi connectivity index (χ1n) is 6.88. The van der Waals surface area contributed by atoms with Gasteiger partial charge >= 0.3 is 11.9 Å². The van der Waals surface area contributed by atoms with E-state index in [0.29, 0.717) is 11.3 Å². The Morgan fingerprint density at radius 3 is 1.52 bits per heavy atom. The molecule has 4 aromatic heterocycles. The van der Waals surface area contributed by atoms with Gasteiger partial charge in [-0.05, 0) is 36.4 Å². The third-order valence-corrected chi connectivity index (χ3v) is 3.24. The largest absolute Gasteiger partial charge is 0.477 e. The number of fused-ring (bicyclic) bond motifs is 2. The number of aromatic carboxylic acids is 2. The van der Waals surface area contributed by atoms with Crippen LogP contribution < -0.4 is 0 Å². The van der Waals surface area contributed by atoms with E-state index in [9.17, 15) is 9.59 Å². The van der Waals surface area contributed by atoms with Gasteiger partial charge in [0.2, 0.25) is 0 Å². The Labute approximate surface area is 155 Å². The molecule has 0 radical (unpaired) electrons. The summed E-state index contributed by atoms with van der Waals surface area (Å²) in [7, 11) is 0. The van der Waals surface area contributed by atoms with E-state index in [1.54, 1.807) is 36.7 Å². The van der Waals surface area contributed by atoms with E-state index in [0.717, 1.165) is 10.8 Å². The summed E-state index contributed by atoms with van der Waals surface area (Å²) < 4.78 is 0. The summed E-state index contributed by atoms with van der Waals surface area (Å²) in [6.07, 6.45) is 3.23. The number of carbonyl (C=O) groups is 2. The molecular formula is C16H12N4O4Pt. The van der Waals surface area contributed by atoms with Crippen LogP contribution in [0.25, 0.3) is 22.1 Å². The Bertz CT molecular complexity index is 891. The van der Waals surface area contributed by atoms with Gasteiger partial charge in [0.1, 0.15) is 22.7 Å². The van der Waals surface area contributed by atoms with E-state index < -0.39 is 11.9 Å². The molecule has 0 aliphatic heterocycles. The predicted molar refractivity (Wildman–Crippen MR) is 86.1 cm³/mol. The summed E-state index contributed by atoms with van der Waals surface area (Å²) in [5, 5.41) is 18.9. The Morgan fingerprint density at radius 2 is 1.20 bits per heavy atom. The minimum absolute atomic E-state index is 0. The maximum absolute atomic E-state index is 10.5. The van der Waals surface area contributed by atoms with Crippen molar-refractivity contribution < 1.29 is 40.9 Å².